The van der Waals surface area contributed by atoms with Crippen LogP contribution in [0.5, 0.6) is 23.0 Å². The van der Waals surface area contributed by atoms with E-state index in [1.54, 1.807) is 0 Å². The van der Waals surface area contributed by atoms with E-state index in [-0.39, 0.29) is 27.5 Å². The fourth-order valence-corrected chi connectivity index (χ4v) is 3.59. The Balaban J connectivity index is 2.00. The van der Waals surface area contributed by atoms with Gasteiger partial charge in [-0.2, -0.15) is 0 Å². The van der Waals surface area contributed by atoms with E-state index in [0.29, 0.717) is 0 Å². The molecule has 4 rings (SSSR count). The van der Waals surface area contributed by atoms with Crippen LogP contribution in [0.4, 0.5) is 0 Å². The Hall–Kier alpha value is -3.05. The van der Waals surface area contributed by atoms with E-state index in [9.17, 15) is 40.5 Å². The maximum atomic E-state index is 12.9. The number of fused-ring (bicyclic) bond motifs is 2. The van der Waals surface area contributed by atoms with Crippen LogP contribution in [0.2, 0.25) is 0 Å². The van der Waals surface area contributed by atoms with Crippen molar-refractivity contribution in [1.29, 1.82) is 0 Å². The normalized spacial score (nSPS) is 27.5. The monoisotopic (exact) mass is 406 g/mol. The fourth-order valence-electron chi connectivity index (χ4n) is 3.59. The molecule has 0 aliphatic carbocycles. The molecule has 1 saturated heterocycles. The number of rotatable bonds is 1. The van der Waals surface area contributed by atoms with E-state index < -0.39 is 58.9 Å². The van der Waals surface area contributed by atoms with Gasteiger partial charge in [0.15, 0.2) is 11.5 Å². The van der Waals surface area contributed by atoms with Crippen molar-refractivity contribution in [1.82, 2.24) is 0 Å². The maximum Gasteiger partial charge on any atom is 0.204 e. The molecule has 0 radical (unpaired) electrons. The van der Waals surface area contributed by atoms with Gasteiger partial charge in [0.1, 0.15) is 52.5 Å². The van der Waals surface area contributed by atoms with Crippen molar-refractivity contribution in [3.05, 3.63) is 34.0 Å². The molecule has 1 aliphatic rings. The molecule has 29 heavy (non-hydrogen) atoms. The molecule has 0 saturated carbocycles. The van der Waals surface area contributed by atoms with Gasteiger partial charge in [0, 0.05) is 12.1 Å². The molecule has 154 valence electrons. The third-order valence-electron chi connectivity index (χ3n) is 5.19. The first-order chi connectivity index (χ1) is 13.6. The largest absolute Gasteiger partial charge is 0.507 e. The van der Waals surface area contributed by atoms with Gasteiger partial charge in [0.2, 0.25) is 5.43 Å². The Morgan fingerprint density at radius 2 is 1.45 bits per heavy atom. The molecule has 5 atom stereocenters. The lowest BCUT2D eigenvalue weighted by Gasteiger charge is -2.39. The van der Waals surface area contributed by atoms with E-state index in [1.165, 1.54) is 6.92 Å². The van der Waals surface area contributed by atoms with Crippen LogP contribution in [-0.4, -0.2) is 60.2 Å². The highest BCUT2D eigenvalue weighted by Crippen LogP contribution is 2.45. The van der Waals surface area contributed by atoms with Crippen LogP contribution in [0, 0.1) is 0 Å². The number of hydrogen-bond donors (Lipinski definition) is 7. The predicted molar refractivity (Wildman–Crippen MR) is 98.0 cm³/mol. The molecule has 1 aliphatic heterocycles. The summed E-state index contributed by atoms with van der Waals surface area (Å²) in [5.41, 5.74) is -1.44. The van der Waals surface area contributed by atoms with E-state index in [4.69, 9.17) is 9.15 Å². The molecule has 0 bridgehead atoms. The van der Waals surface area contributed by atoms with Crippen molar-refractivity contribution in [3.8, 4) is 23.0 Å². The standard InChI is InChI=1S/C19H18O10/c1-5-14(23)17(26)18(27)19(28-5)12-9(22)4-11-13(16(12)25)15(24)6-2-7(20)8(21)3-10(6)29-11/h2-5,14,17-23,25-27H,1H3. The summed E-state index contributed by atoms with van der Waals surface area (Å²) in [4.78, 5) is 12.9. The topological polar surface area (TPSA) is 181 Å². The Morgan fingerprint density at radius 1 is 0.828 bits per heavy atom. The zero-order valence-electron chi connectivity index (χ0n) is 15.0. The van der Waals surface area contributed by atoms with Crippen LogP contribution < -0.4 is 5.43 Å². The number of hydrogen-bond acceptors (Lipinski definition) is 10. The van der Waals surface area contributed by atoms with Crippen LogP contribution in [0.3, 0.4) is 0 Å². The lowest BCUT2D eigenvalue weighted by molar-refractivity contribution is -0.220. The smallest absolute Gasteiger partial charge is 0.204 e. The van der Waals surface area contributed by atoms with Gasteiger partial charge in [-0.3, -0.25) is 4.79 Å². The van der Waals surface area contributed by atoms with Gasteiger partial charge < -0.3 is 44.9 Å². The quantitative estimate of drug-likeness (QED) is 0.219. The first-order valence-electron chi connectivity index (χ1n) is 8.68. The molecule has 0 spiro atoms. The molecule has 1 aromatic heterocycles. The molecule has 10 nitrogen and oxygen atoms in total. The number of phenols is 4. The minimum Gasteiger partial charge on any atom is -0.507 e. The molecule has 7 N–H and O–H groups in total. The Bertz CT molecular complexity index is 1180. The van der Waals surface area contributed by atoms with Crippen LogP contribution in [-0.2, 0) is 4.74 Å². The lowest BCUT2D eigenvalue weighted by Crippen LogP contribution is -2.53. The maximum absolute atomic E-state index is 12.9. The highest BCUT2D eigenvalue weighted by molar-refractivity contribution is 5.96. The molecule has 2 aromatic carbocycles. The van der Waals surface area contributed by atoms with Crippen LogP contribution in [0.1, 0.15) is 18.6 Å². The van der Waals surface area contributed by atoms with Gasteiger partial charge in [-0.15, -0.1) is 0 Å². The summed E-state index contributed by atoms with van der Waals surface area (Å²) in [6, 6.07) is 3.00. The van der Waals surface area contributed by atoms with Crippen LogP contribution in [0.15, 0.2) is 27.4 Å². The van der Waals surface area contributed by atoms with E-state index >= 15 is 0 Å². The number of aliphatic hydroxyl groups is 3. The fraction of sp³-hybridized carbons (Fsp3) is 0.316. The zero-order valence-corrected chi connectivity index (χ0v) is 15.0. The van der Waals surface area contributed by atoms with Crippen molar-refractivity contribution in [3.63, 3.8) is 0 Å². The van der Waals surface area contributed by atoms with Crippen molar-refractivity contribution in [2.75, 3.05) is 0 Å². The average Bonchev–Trinajstić information content (AvgIpc) is 2.65. The number of phenolic OH excluding ortho intramolecular Hbond substituents is 4. The third kappa shape index (κ3) is 2.76. The summed E-state index contributed by atoms with van der Waals surface area (Å²) in [5, 5.41) is 70.1. The van der Waals surface area contributed by atoms with Crippen molar-refractivity contribution in [2.24, 2.45) is 0 Å². The highest BCUT2D eigenvalue weighted by atomic mass is 16.5. The average molecular weight is 406 g/mol. The number of aliphatic hydroxyl groups excluding tert-OH is 3. The van der Waals surface area contributed by atoms with E-state index in [0.717, 1.165) is 18.2 Å². The Kier molecular flexibility index (Phi) is 4.32. The zero-order chi connectivity index (χ0) is 21.2. The third-order valence-corrected chi connectivity index (χ3v) is 5.19. The van der Waals surface area contributed by atoms with Crippen molar-refractivity contribution < 1.29 is 44.9 Å². The predicted octanol–water partition coefficient (Wildman–Crippen LogP) is 0.311. The van der Waals surface area contributed by atoms with Crippen molar-refractivity contribution >= 4 is 21.9 Å². The second-order valence-electron chi connectivity index (χ2n) is 7.03. The molecular formula is C19H18O10. The van der Waals surface area contributed by atoms with Gasteiger partial charge in [0.25, 0.3) is 0 Å². The second kappa shape index (κ2) is 6.49. The summed E-state index contributed by atoms with van der Waals surface area (Å²) in [6.45, 7) is 1.43. The summed E-state index contributed by atoms with van der Waals surface area (Å²) < 4.78 is 10.9. The molecule has 10 heteroatoms. The second-order valence-corrected chi connectivity index (χ2v) is 7.03. The molecule has 1 fully saturated rings. The molecule has 3 aromatic rings. The molecule has 0 amide bonds. The number of benzene rings is 2. The Morgan fingerprint density at radius 3 is 2.14 bits per heavy atom. The molecular weight excluding hydrogens is 388 g/mol. The minimum absolute atomic E-state index is 0.0922. The van der Waals surface area contributed by atoms with Crippen molar-refractivity contribution in [2.45, 2.75) is 37.4 Å². The van der Waals surface area contributed by atoms with Gasteiger partial charge in [-0.1, -0.05) is 0 Å². The highest BCUT2D eigenvalue weighted by Gasteiger charge is 2.44. The van der Waals surface area contributed by atoms with Gasteiger partial charge >= 0.3 is 0 Å². The number of aromatic hydroxyl groups is 4. The van der Waals surface area contributed by atoms with Gasteiger partial charge in [-0.25, -0.2) is 0 Å². The lowest BCUT2D eigenvalue weighted by atomic mass is 9.90. The van der Waals surface area contributed by atoms with Gasteiger partial charge in [0.05, 0.1) is 17.1 Å². The Labute approximate surface area is 162 Å². The summed E-state index contributed by atoms with van der Waals surface area (Å²) in [7, 11) is 0. The van der Waals surface area contributed by atoms with Crippen LogP contribution in [0.25, 0.3) is 21.9 Å². The van der Waals surface area contributed by atoms with E-state index in [2.05, 4.69) is 0 Å². The first kappa shape index (κ1) is 19.3. The summed E-state index contributed by atoms with van der Waals surface area (Å²) in [5.74, 6) is -2.42. The van der Waals surface area contributed by atoms with Crippen LogP contribution >= 0.6 is 0 Å². The SMILES string of the molecule is CC1OC(c2c(O)cc3oc4cc(O)c(O)cc4c(=O)c3c2O)C(O)C(O)C1O. The van der Waals surface area contributed by atoms with Gasteiger partial charge in [-0.05, 0) is 13.0 Å². The molecule has 2 heterocycles. The summed E-state index contributed by atoms with van der Waals surface area (Å²) in [6.07, 6.45) is -7.11. The minimum atomic E-state index is -1.70. The molecule has 5 unspecified atom stereocenters. The number of ether oxygens (including phenoxy) is 1. The van der Waals surface area contributed by atoms with E-state index in [1.807, 2.05) is 0 Å². The first-order valence-corrected chi connectivity index (χ1v) is 8.68. The summed E-state index contributed by atoms with van der Waals surface area (Å²) >= 11 is 0.